The monoisotopic (exact) mass is 285 g/mol. The highest BCUT2D eigenvalue weighted by molar-refractivity contribution is 7.91. The highest BCUT2D eigenvalue weighted by atomic mass is 32.2. The quantitative estimate of drug-likeness (QED) is 0.703. The Labute approximate surface area is 116 Å². The first kappa shape index (κ1) is 16.1. The van der Waals surface area contributed by atoms with Gasteiger partial charge in [0.1, 0.15) is 0 Å². The molecular weight excluding hydrogens is 262 g/mol. The zero-order valence-electron chi connectivity index (χ0n) is 11.6. The SMILES string of the molecule is CCNC(CS(=O)(=O)CCCOC)c1ccccc1. The van der Waals surface area contributed by atoms with E-state index in [2.05, 4.69) is 5.32 Å². The molecular formula is C14H23NO3S. The summed E-state index contributed by atoms with van der Waals surface area (Å²) in [4.78, 5) is 0. The topological polar surface area (TPSA) is 55.4 Å². The van der Waals surface area contributed by atoms with Gasteiger partial charge in [-0.3, -0.25) is 0 Å². The van der Waals surface area contributed by atoms with E-state index in [9.17, 15) is 8.42 Å². The molecule has 0 radical (unpaired) electrons. The second-order valence-electron chi connectivity index (χ2n) is 4.48. The molecule has 0 saturated heterocycles. The molecule has 0 aliphatic heterocycles. The van der Waals surface area contributed by atoms with E-state index in [1.807, 2.05) is 37.3 Å². The molecule has 1 aromatic carbocycles. The average Bonchev–Trinajstić information content (AvgIpc) is 2.39. The van der Waals surface area contributed by atoms with Gasteiger partial charge in [-0.2, -0.15) is 0 Å². The summed E-state index contributed by atoms with van der Waals surface area (Å²) in [6.07, 6.45) is 0.548. The van der Waals surface area contributed by atoms with Crippen molar-refractivity contribution < 1.29 is 13.2 Å². The summed E-state index contributed by atoms with van der Waals surface area (Å²) in [6, 6.07) is 9.56. The Bertz CT molecular complexity index is 445. The number of hydrogen-bond acceptors (Lipinski definition) is 4. The molecule has 1 N–H and O–H groups in total. The Kier molecular flexibility index (Phi) is 7.05. The number of hydrogen-bond donors (Lipinski definition) is 1. The van der Waals surface area contributed by atoms with E-state index in [0.717, 1.165) is 12.1 Å². The van der Waals surface area contributed by atoms with Gasteiger partial charge in [0, 0.05) is 19.8 Å². The van der Waals surface area contributed by atoms with E-state index < -0.39 is 9.84 Å². The van der Waals surface area contributed by atoms with Crippen molar-refractivity contribution in [3.63, 3.8) is 0 Å². The van der Waals surface area contributed by atoms with Crippen molar-refractivity contribution in [2.75, 3.05) is 31.8 Å². The lowest BCUT2D eigenvalue weighted by atomic mass is 10.1. The lowest BCUT2D eigenvalue weighted by molar-refractivity contribution is 0.199. The molecule has 0 bridgehead atoms. The van der Waals surface area contributed by atoms with Crippen LogP contribution >= 0.6 is 0 Å². The highest BCUT2D eigenvalue weighted by Gasteiger charge is 2.19. The van der Waals surface area contributed by atoms with Crippen LogP contribution in [0.5, 0.6) is 0 Å². The zero-order chi connectivity index (χ0) is 14.1. The number of rotatable bonds is 9. The highest BCUT2D eigenvalue weighted by Crippen LogP contribution is 2.15. The zero-order valence-corrected chi connectivity index (χ0v) is 12.4. The first-order valence-corrected chi connectivity index (χ1v) is 8.39. The summed E-state index contributed by atoms with van der Waals surface area (Å²) in [6.45, 7) is 3.21. The van der Waals surface area contributed by atoms with Gasteiger partial charge < -0.3 is 10.1 Å². The third kappa shape index (κ3) is 6.18. The van der Waals surface area contributed by atoms with E-state index in [1.165, 1.54) is 0 Å². The molecule has 5 heteroatoms. The van der Waals surface area contributed by atoms with Gasteiger partial charge in [0.05, 0.1) is 11.5 Å². The van der Waals surface area contributed by atoms with Crippen LogP contribution in [-0.2, 0) is 14.6 Å². The summed E-state index contributed by atoms with van der Waals surface area (Å²) < 4.78 is 29.0. The number of nitrogens with one attached hydrogen (secondary N) is 1. The van der Waals surface area contributed by atoms with E-state index >= 15 is 0 Å². The molecule has 0 heterocycles. The fourth-order valence-electron chi connectivity index (χ4n) is 1.97. The molecule has 0 saturated carbocycles. The minimum Gasteiger partial charge on any atom is -0.385 e. The molecule has 19 heavy (non-hydrogen) atoms. The summed E-state index contributed by atoms with van der Waals surface area (Å²) >= 11 is 0. The van der Waals surface area contributed by atoms with Crippen molar-refractivity contribution in [2.45, 2.75) is 19.4 Å². The van der Waals surface area contributed by atoms with Crippen molar-refractivity contribution in [1.29, 1.82) is 0 Å². The van der Waals surface area contributed by atoms with Gasteiger partial charge in [-0.1, -0.05) is 37.3 Å². The minimum atomic E-state index is -3.07. The van der Waals surface area contributed by atoms with Crippen LogP contribution in [0.25, 0.3) is 0 Å². The Hall–Kier alpha value is -0.910. The van der Waals surface area contributed by atoms with Crippen LogP contribution in [-0.4, -0.2) is 40.2 Å². The van der Waals surface area contributed by atoms with E-state index in [4.69, 9.17) is 4.74 Å². The molecule has 1 unspecified atom stereocenters. The van der Waals surface area contributed by atoms with Crippen LogP contribution in [0.4, 0.5) is 0 Å². The fourth-order valence-corrected chi connectivity index (χ4v) is 3.51. The van der Waals surface area contributed by atoms with Crippen molar-refractivity contribution in [3.05, 3.63) is 35.9 Å². The van der Waals surface area contributed by atoms with Crippen LogP contribution in [0, 0.1) is 0 Å². The molecule has 0 fully saturated rings. The number of sulfone groups is 1. The first-order chi connectivity index (χ1) is 9.09. The predicted molar refractivity (Wildman–Crippen MR) is 78.0 cm³/mol. The Morgan fingerprint density at radius 2 is 1.95 bits per heavy atom. The molecule has 0 aromatic heterocycles. The Morgan fingerprint density at radius 3 is 2.53 bits per heavy atom. The van der Waals surface area contributed by atoms with Crippen molar-refractivity contribution >= 4 is 9.84 Å². The van der Waals surface area contributed by atoms with Gasteiger partial charge in [0.2, 0.25) is 0 Å². The summed E-state index contributed by atoms with van der Waals surface area (Å²) in [5.74, 6) is 0.310. The van der Waals surface area contributed by atoms with Gasteiger partial charge in [-0.15, -0.1) is 0 Å². The summed E-state index contributed by atoms with van der Waals surface area (Å²) in [5, 5.41) is 3.24. The third-order valence-electron chi connectivity index (χ3n) is 2.88. The van der Waals surface area contributed by atoms with Gasteiger partial charge in [0.15, 0.2) is 9.84 Å². The molecule has 0 spiro atoms. The molecule has 0 aliphatic rings. The van der Waals surface area contributed by atoms with Gasteiger partial charge in [-0.25, -0.2) is 8.42 Å². The average molecular weight is 285 g/mol. The fraction of sp³-hybridized carbons (Fsp3) is 0.571. The van der Waals surface area contributed by atoms with Gasteiger partial charge >= 0.3 is 0 Å². The van der Waals surface area contributed by atoms with Crippen LogP contribution in [0.15, 0.2) is 30.3 Å². The summed E-state index contributed by atoms with van der Waals surface area (Å²) in [7, 11) is -1.48. The predicted octanol–water partition coefficient (Wildman–Crippen LogP) is 1.79. The maximum atomic E-state index is 12.1. The maximum absolute atomic E-state index is 12.1. The summed E-state index contributed by atoms with van der Waals surface area (Å²) in [5.41, 5.74) is 1.01. The van der Waals surface area contributed by atoms with Crippen LogP contribution < -0.4 is 5.32 Å². The largest absolute Gasteiger partial charge is 0.385 e. The van der Waals surface area contributed by atoms with Gasteiger partial charge in [0.25, 0.3) is 0 Å². The molecule has 0 aliphatic carbocycles. The smallest absolute Gasteiger partial charge is 0.152 e. The molecule has 0 amide bonds. The van der Waals surface area contributed by atoms with Crippen molar-refractivity contribution in [2.24, 2.45) is 0 Å². The first-order valence-electron chi connectivity index (χ1n) is 6.56. The van der Waals surface area contributed by atoms with Crippen molar-refractivity contribution in [1.82, 2.24) is 5.32 Å². The molecule has 1 rings (SSSR count). The Balaban J connectivity index is 2.68. The standard InChI is InChI=1S/C14H23NO3S/c1-3-15-14(13-8-5-4-6-9-13)12-19(16,17)11-7-10-18-2/h4-6,8-9,14-15H,3,7,10-12H2,1-2H3. The number of ether oxygens (including phenoxy) is 1. The van der Waals surface area contributed by atoms with E-state index in [-0.39, 0.29) is 17.5 Å². The number of benzene rings is 1. The van der Waals surface area contributed by atoms with Crippen LogP contribution in [0.1, 0.15) is 24.9 Å². The maximum Gasteiger partial charge on any atom is 0.152 e. The normalized spacial score (nSPS) is 13.4. The second-order valence-corrected chi connectivity index (χ2v) is 6.71. The van der Waals surface area contributed by atoms with E-state index in [1.54, 1.807) is 7.11 Å². The molecule has 1 aromatic rings. The lowest BCUT2D eigenvalue weighted by Crippen LogP contribution is -2.29. The van der Waals surface area contributed by atoms with Gasteiger partial charge in [-0.05, 0) is 18.5 Å². The Morgan fingerprint density at radius 1 is 1.26 bits per heavy atom. The van der Waals surface area contributed by atoms with E-state index in [0.29, 0.717) is 13.0 Å². The van der Waals surface area contributed by atoms with Crippen LogP contribution in [0.2, 0.25) is 0 Å². The minimum absolute atomic E-state index is 0.133. The molecule has 1 atom stereocenters. The lowest BCUT2D eigenvalue weighted by Gasteiger charge is -2.18. The molecule has 108 valence electrons. The number of methoxy groups -OCH3 is 1. The van der Waals surface area contributed by atoms with Crippen molar-refractivity contribution in [3.8, 4) is 0 Å². The third-order valence-corrected chi connectivity index (χ3v) is 4.63. The van der Waals surface area contributed by atoms with Crippen LogP contribution in [0.3, 0.4) is 0 Å². The molecule has 4 nitrogen and oxygen atoms in total. The second kappa shape index (κ2) is 8.30.